The van der Waals surface area contributed by atoms with Gasteiger partial charge in [-0.15, -0.1) is 0 Å². The average Bonchev–Trinajstić information content (AvgIpc) is 2.55. The van der Waals surface area contributed by atoms with Gasteiger partial charge in [0.25, 0.3) is 0 Å². The highest BCUT2D eigenvalue weighted by atomic mass is 35.5. The van der Waals surface area contributed by atoms with Crippen molar-refractivity contribution >= 4 is 33.2 Å². The van der Waals surface area contributed by atoms with Crippen molar-refractivity contribution in [2.75, 3.05) is 14.2 Å². The highest BCUT2D eigenvalue weighted by Gasteiger charge is 2.28. The first-order valence-electron chi connectivity index (χ1n) is 6.85. The zero-order chi connectivity index (χ0) is 17.2. The van der Waals surface area contributed by atoms with Gasteiger partial charge in [0.05, 0.1) is 28.1 Å². The van der Waals surface area contributed by atoms with Gasteiger partial charge in [0, 0.05) is 12.6 Å². The molecule has 0 aliphatic rings. The zero-order valence-electron chi connectivity index (χ0n) is 13.0. The van der Waals surface area contributed by atoms with E-state index in [1.165, 1.54) is 29.6 Å². The topological polar surface area (TPSA) is 46.6 Å². The summed E-state index contributed by atoms with van der Waals surface area (Å²) in [5.41, 5.74) is 0.779. The Morgan fingerprint density at radius 2 is 1.74 bits per heavy atom. The number of ether oxygens (including phenoxy) is 1. The van der Waals surface area contributed by atoms with Crippen LogP contribution in [0, 0.1) is 0 Å². The zero-order valence-corrected chi connectivity index (χ0v) is 15.3. The Hall–Kier alpha value is -1.27. The normalized spacial score (nSPS) is 13.1. The summed E-state index contributed by atoms with van der Waals surface area (Å²) in [5.74, 6) is 0.635. The lowest BCUT2D eigenvalue weighted by molar-refractivity contribution is 0.367. The number of hydrogen-bond acceptors (Lipinski definition) is 3. The SMILES string of the molecule is COc1ccccc1C(C)N(C)S(=O)(=O)c1ccc(Cl)c(Cl)c1. The first-order valence-corrected chi connectivity index (χ1v) is 9.04. The van der Waals surface area contributed by atoms with Crippen molar-refractivity contribution in [2.45, 2.75) is 17.9 Å². The fourth-order valence-electron chi connectivity index (χ4n) is 2.22. The summed E-state index contributed by atoms with van der Waals surface area (Å²) < 4.78 is 32.2. The number of para-hydroxylation sites is 1. The van der Waals surface area contributed by atoms with E-state index in [0.717, 1.165) is 5.56 Å². The van der Waals surface area contributed by atoms with Crippen molar-refractivity contribution in [1.82, 2.24) is 4.31 Å². The highest BCUT2D eigenvalue weighted by Crippen LogP contribution is 2.33. The van der Waals surface area contributed by atoms with Crippen LogP contribution in [0.5, 0.6) is 5.75 Å². The van der Waals surface area contributed by atoms with E-state index in [-0.39, 0.29) is 9.92 Å². The summed E-state index contributed by atoms with van der Waals surface area (Å²) in [7, 11) is -0.639. The molecule has 0 bridgehead atoms. The van der Waals surface area contributed by atoms with E-state index < -0.39 is 16.1 Å². The molecule has 7 heteroatoms. The van der Waals surface area contributed by atoms with Gasteiger partial charge in [-0.25, -0.2) is 8.42 Å². The van der Waals surface area contributed by atoms with E-state index in [9.17, 15) is 8.42 Å². The second kappa shape index (κ2) is 7.09. The van der Waals surface area contributed by atoms with Gasteiger partial charge in [0.2, 0.25) is 10.0 Å². The summed E-state index contributed by atoms with van der Waals surface area (Å²) in [6.07, 6.45) is 0. The van der Waals surface area contributed by atoms with Gasteiger partial charge in [-0.05, 0) is 31.2 Å². The van der Waals surface area contributed by atoms with E-state index in [1.54, 1.807) is 20.1 Å². The maximum atomic E-state index is 12.8. The molecule has 1 atom stereocenters. The van der Waals surface area contributed by atoms with Crippen LogP contribution in [0.25, 0.3) is 0 Å². The van der Waals surface area contributed by atoms with Gasteiger partial charge in [-0.1, -0.05) is 41.4 Å². The Kier molecular flexibility index (Phi) is 5.57. The highest BCUT2D eigenvalue weighted by molar-refractivity contribution is 7.89. The molecule has 0 amide bonds. The summed E-state index contributed by atoms with van der Waals surface area (Å²) in [6, 6.07) is 11.2. The van der Waals surface area contributed by atoms with Crippen LogP contribution in [0.3, 0.4) is 0 Å². The largest absolute Gasteiger partial charge is 0.496 e. The Morgan fingerprint density at radius 3 is 2.35 bits per heavy atom. The van der Waals surface area contributed by atoms with Crippen molar-refractivity contribution in [2.24, 2.45) is 0 Å². The lowest BCUT2D eigenvalue weighted by Crippen LogP contribution is -2.30. The van der Waals surface area contributed by atoms with E-state index in [0.29, 0.717) is 10.8 Å². The Labute approximate surface area is 146 Å². The molecule has 0 radical (unpaired) electrons. The first kappa shape index (κ1) is 18.1. The molecule has 2 rings (SSSR count). The van der Waals surface area contributed by atoms with Crippen molar-refractivity contribution < 1.29 is 13.2 Å². The van der Waals surface area contributed by atoms with Crippen LogP contribution in [0.4, 0.5) is 0 Å². The van der Waals surface area contributed by atoms with Gasteiger partial charge in [0.15, 0.2) is 0 Å². The van der Waals surface area contributed by atoms with Crippen LogP contribution < -0.4 is 4.74 Å². The second-order valence-electron chi connectivity index (χ2n) is 5.02. The van der Waals surface area contributed by atoms with Crippen LogP contribution in [0.2, 0.25) is 10.0 Å². The molecule has 1 unspecified atom stereocenters. The molecule has 0 aliphatic carbocycles. The minimum Gasteiger partial charge on any atom is -0.496 e. The van der Waals surface area contributed by atoms with Crippen molar-refractivity contribution in [1.29, 1.82) is 0 Å². The summed E-state index contributed by atoms with van der Waals surface area (Å²) in [6.45, 7) is 1.80. The second-order valence-corrected chi connectivity index (χ2v) is 7.83. The molecule has 0 aromatic heterocycles. The molecule has 2 aromatic carbocycles. The molecule has 0 fully saturated rings. The van der Waals surface area contributed by atoms with Crippen molar-refractivity contribution in [3.8, 4) is 5.75 Å². The molecule has 0 N–H and O–H groups in total. The Balaban J connectivity index is 2.41. The molecular formula is C16H17Cl2NO3S. The third-order valence-corrected chi connectivity index (χ3v) is 6.37. The molecule has 4 nitrogen and oxygen atoms in total. The number of halogens is 2. The number of hydrogen-bond donors (Lipinski definition) is 0. The maximum Gasteiger partial charge on any atom is 0.243 e. The predicted molar refractivity (Wildman–Crippen MR) is 92.8 cm³/mol. The molecule has 0 spiro atoms. The van der Waals surface area contributed by atoms with Crippen LogP contribution >= 0.6 is 23.2 Å². The number of sulfonamides is 1. The average molecular weight is 374 g/mol. The maximum absolute atomic E-state index is 12.8. The van der Waals surface area contributed by atoms with Crippen LogP contribution in [0.1, 0.15) is 18.5 Å². The third kappa shape index (κ3) is 3.63. The number of nitrogens with zero attached hydrogens (tertiary/aromatic N) is 1. The molecule has 23 heavy (non-hydrogen) atoms. The molecule has 0 saturated carbocycles. The number of rotatable bonds is 5. The van der Waals surface area contributed by atoms with E-state index in [1.807, 2.05) is 18.2 Å². The van der Waals surface area contributed by atoms with Crippen molar-refractivity contribution in [3.05, 3.63) is 58.1 Å². The summed E-state index contributed by atoms with van der Waals surface area (Å²) >= 11 is 11.8. The van der Waals surface area contributed by atoms with Crippen LogP contribution in [0.15, 0.2) is 47.4 Å². The first-order chi connectivity index (χ1) is 10.8. The number of benzene rings is 2. The van der Waals surface area contributed by atoms with E-state index in [2.05, 4.69) is 0 Å². The van der Waals surface area contributed by atoms with Gasteiger partial charge < -0.3 is 4.74 Å². The van der Waals surface area contributed by atoms with E-state index in [4.69, 9.17) is 27.9 Å². The molecule has 0 aliphatic heterocycles. The predicted octanol–water partition coefficient (Wildman–Crippen LogP) is 4.38. The van der Waals surface area contributed by atoms with Crippen LogP contribution in [-0.2, 0) is 10.0 Å². The molecule has 2 aromatic rings. The summed E-state index contributed by atoms with van der Waals surface area (Å²) in [4.78, 5) is 0.0937. The van der Waals surface area contributed by atoms with Gasteiger partial charge in [-0.2, -0.15) is 4.31 Å². The minimum atomic E-state index is -3.72. The Morgan fingerprint density at radius 1 is 1.09 bits per heavy atom. The molecular weight excluding hydrogens is 357 g/mol. The lowest BCUT2D eigenvalue weighted by atomic mass is 10.1. The quantitative estimate of drug-likeness (QED) is 0.780. The standard InChI is InChI=1S/C16H17Cl2NO3S/c1-11(13-6-4-5-7-16(13)22-3)19(2)23(20,21)12-8-9-14(17)15(18)10-12/h4-11H,1-3H3. The van der Waals surface area contributed by atoms with Gasteiger partial charge in [0.1, 0.15) is 5.75 Å². The number of methoxy groups -OCH3 is 1. The third-order valence-electron chi connectivity index (χ3n) is 3.70. The molecule has 0 heterocycles. The molecule has 0 saturated heterocycles. The minimum absolute atomic E-state index is 0.0937. The van der Waals surface area contributed by atoms with Gasteiger partial charge >= 0.3 is 0 Å². The summed E-state index contributed by atoms with van der Waals surface area (Å²) in [5, 5.41) is 0.511. The van der Waals surface area contributed by atoms with Gasteiger partial charge in [-0.3, -0.25) is 0 Å². The fourth-order valence-corrected chi connectivity index (χ4v) is 3.95. The van der Waals surface area contributed by atoms with Crippen molar-refractivity contribution in [3.63, 3.8) is 0 Å². The molecule has 124 valence electrons. The monoisotopic (exact) mass is 373 g/mol. The smallest absolute Gasteiger partial charge is 0.243 e. The lowest BCUT2D eigenvalue weighted by Gasteiger charge is -2.26. The fraction of sp³-hybridized carbons (Fsp3) is 0.250. The van der Waals surface area contributed by atoms with Crippen LogP contribution in [-0.4, -0.2) is 26.9 Å². The van der Waals surface area contributed by atoms with E-state index >= 15 is 0 Å². The Bertz CT molecular complexity index is 809.